The number of nitrogens with two attached hydrogens (primary N) is 1. The maximum absolute atomic E-state index is 13.3. The second-order valence-corrected chi connectivity index (χ2v) is 3.32. The number of benzene rings is 1. The third-order valence-corrected chi connectivity index (χ3v) is 1.90. The number of ether oxygens (including phenoxy) is 2. The van der Waals surface area contributed by atoms with E-state index >= 15 is 0 Å². The quantitative estimate of drug-likeness (QED) is 0.858. The van der Waals surface area contributed by atoms with E-state index < -0.39 is 11.9 Å². The summed E-state index contributed by atoms with van der Waals surface area (Å²) in [5.41, 5.74) is 5.45. The molecule has 0 bridgehead atoms. The van der Waals surface area contributed by atoms with Crippen LogP contribution < -0.4 is 15.2 Å². The van der Waals surface area contributed by atoms with Gasteiger partial charge in [0.25, 0.3) is 0 Å². The monoisotopic (exact) mass is 227 g/mol. The highest BCUT2D eigenvalue weighted by Gasteiger charge is 2.11. The number of hydrogen-bond acceptors (Lipinski definition) is 3. The molecule has 0 atom stereocenters. The normalized spacial score (nSPS) is 9.94. The maximum Gasteiger partial charge on any atom is 0.410 e. The highest BCUT2D eigenvalue weighted by atomic mass is 19.1. The summed E-state index contributed by atoms with van der Waals surface area (Å²) < 4.78 is 23.2. The Morgan fingerprint density at radius 1 is 1.44 bits per heavy atom. The minimum atomic E-state index is -1.05. The van der Waals surface area contributed by atoms with Crippen molar-refractivity contribution < 1.29 is 18.7 Å². The first-order valence-corrected chi connectivity index (χ1v) is 4.94. The molecule has 16 heavy (non-hydrogen) atoms. The van der Waals surface area contributed by atoms with Gasteiger partial charge >= 0.3 is 6.09 Å². The summed E-state index contributed by atoms with van der Waals surface area (Å²) in [7, 11) is 0. The van der Waals surface area contributed by atoms with Crippen molar-refractivity contribution in [2.45, 2.75) is 20.3 Å². The molecule has 0 aromatic heterocycles. The lowest BCUT2D eigenvalue weighted by molar-refractivity contribution is 0.208. The molecule has 5 heteroatoms. The van der Waals surface area contributed by atoms with Crippen molar-refractivity contribution >= 4 is 6.09 Å². The molecule has 1 aromatic carbocycles. The minimum absolute atomic E-state index is 0.218. The lowest BCUT2D eigenvalue weighted by Gasteiger charge is -2.10. The lowest BCUT2D eigenvalue weighted by atomic mass is 10.2. The largest absolute Gasteiger partial charge is 0.493 e. The number of amides is 1. The Morgan fingerprint density at radius 3 is 2.69 bits per heavy atom. The SMILES string of the molecule is CCCOc1cc(OC(N)=O)c(F)cc1C. The molecule has 0 spiro atoms. The van der Waals surface area contributed by atoms with E-state index in [1.165, 1.54) is 12.1 Å². The molecule has 0 radical (unpaired) electrons. The number of primary amides is 1. The van der Waals surface area contributed by atoms with E-state index in [1.54, 1.807) is 6.92 Å². The Kier molecular flexibility index (Phi) is 4.10. The third kappa shape index (κ3) is 3.12. The van der Waals surface area contributed by atoms with Crippen LogP contribution in [0.5, 0.6) is 11.5 Å². The molecular weight excluding hydrogens is 213 g/mol. The Balaban J connectivity index is 2.96. The molecule has 1 rings (SSSR count). The van der Waals surface area contributed by atoms with Crippen LogP contribution in [0.25, 0.3) is 0 Å². The van der Waals surface area contributed by atoms with Gasteiger partial charge < -0.3 is 15.2 Å². The molecular formula is C11H14FNO3. The van der Waals surface area contributed by atoms with Crippen molar-refractivity contribution in [1.82, 2.24) is 0 Å². The van der Waals surface area contributed by atoms with E-state index in [1.807, 2.05) is 6.92 Å². The van der Waals surface area contributed by atoms with E-state index in [9.17, 15) is 9.18 Å². The number of carbonyl (C=O) groups excluding carboxylic acids is 1. The highest BCUT2D eigenvalue weighted by Crippen LogP contribution is 2.27. The van der Waals surface area contributed by atoms with Crippen molar-refractivity contribution in [3.63, 3.8) is 0 Å². The first kappa shape index (κ1) is 12.3. The Bertz CT molecular complexity index is 393. The van der Waals surface area contributed by atoms with Crippen molar-refractivity contribution in [2.24, 2.45) is 5.73 Å². The summed E-state index contributed by atoms with van der Waals surface area (Å²) in [5, 5.41) is 0. The van der Waals surface area contributed by atoms with E-state index in [0.717, 1.165) is 6.42 Å². The summed E-state index contributed by atoms with van der Waals surface area (Å²) in [4.78, 5) is 10.5. The molecule has 1 amide bonds. The molecule has 0 saturated heterocycles. The number of rotatable bonds is 4. The Morgan fingerprint density at radius 2 is 2.12 bits per heavy atom. The molecule has 0 fully saturated rings. The summed E-state index contributed by atoms with van der Waals surface area (Å²) in [5.74, 6) is -0.371. The lowest BCUT2D eigenvalue weighted by Crippen LogP contribution is -2.17. The van der Waals surface area contributed by atoms with Gasteiger partial charge in [-0.1, -0.05) is 6.92 Å². The molecule has 0 aliphatic carbocycles. The van der Waals surface area contributed by atoms with E-state index in [2.05, 4.69) is 4.74 Å². The van der Waals surface area contributed by atoms with Gasteiger partial charge in [-0.3, -0.25) is 0 Å². The first-order valence-electron chi connectivity index (χ1n) is 4.94. The maximum atomic E-state index is 13.3. The predicted molar refractivity (Wildman–Crippen MR) is 57.1 cm³/mol. The Labute approximate surface area is 93.2 Å². The molecule has 0 aliphatic rings. The number of aryl methyl sites for hydroxylation is 1. The smallest absolute Gasteiger partial charge is 0.410 e. The topological polar surface area (TPSA) is 61.6 Å². The average Bonchev–Trinajstić information content (AvgIpc) is 2.20. The van der Waals surface area contributed by atoms with E-state index in [0.29, 0.717) is 17.9 Å². The van der Waals surface area contributed by atoms with Crippen molar-refractivity contribution in [3.05, 3.63) is 23.5 Å². The molecule has 0 heterocycles. The van der Waals surface area contributed by atoms with Gasteiger partial charge in [-0.25, -0.2) is 9.18 Å². The van der Waals surface area contributed by atoms with Crippen LogP contribution in [0.4, 0.5) is 9.18 Å². The fraction of sp³-hybridized carbons (Fsp3) is 0.364. The molecule has 0 unspecified atom stereocenters. The van der Waals surface area contributed by atoms with Gasteiger partial charge in [-0.05, 0) is 25.0 Å². The highest BCUT2D eigenvalue weighted by molar-refractivity contribution is 5.68. The van der Waals surface area contributed by atoms with Crippen LogP contribution in [-0.2, 0) is 0 Å². The molecule has 4 nitrogen and oxygen atoms in total. The zero-order valence-electron chi connectivity index (χ0n) is 9.25. The summed E-state index contributed by atoms with van der Waals surface area (Å²) in [6, 6.07) is 2.56. The molecule has 88 valence electrons. The van der Waals surface area contributed by atoms with Gasteiger partial charge in [0, 0.05) is 6.07 Å². The van der Waals surface area contributed by atoms with Gasteiger partial charge in [0.1, 0.15) is 5.75 Å². The van der Waals surface area contributed by atoms with Gasteiger partial charge in [-0.15, -0.1) is 0 Å². The average molecular weight is 227 g/mol. The molecule has 0 aliphatic heterocycles. The minimum Gasteiger partial charge on any atom is -0.493 e. The number of carbonyl (C=O) groups is 1. The van der Waals surface area contributed by atoms with Gasteiger partial charge in [0.2, 0.25) is 0 Å². The molecule has 1 aromatic rings. The zero-order chi connectivity index (χ0) is 12.1. The van der Waals surface area contributed by atoms with Gasteiger partial charge in [-0.2, -0.15) is 0 Å². The van der Waals surface area contributed by atoms with Crippen molar-refractivity contribution in [3.8, 4) is 11.5 Å². The van der Waals surface area contributed by atoms with E-state index in [-0.39, 0.29) is 5.75 Å². The standard InChI is InChI=1S/C11H14FNO3/c1-3-4-15-9-6-10(16-11(13)14)8(12)5-7(9)2/h5-6H,3-4H2,1-2H3,(H2,13,14). The second-order valence-electron chi connectivity index (χ2n) is 3.32. The van der Waals surface area contributed by atoms with Crippen LogP contribution in [0, 0.1) is 12.7 Å². The van der Waals surface area contributed by atoms with Gasteiger partial charge in [0.15, 0.2) is 11.6 Å². The predicted octanol–water partition coefficient (Wildman–Crippen LogP) is 2.38. The number of hydrogen-bond donors (Lipinski definition) is 1. The second kappa shape index (κ2) is 5.34. The molecule has 0 saturated carbocycles. The van der Waals surface area contributed by atoms with Crippen LogP contribution in [0.2, 0.25) is 0 Å². The van der Waals surface area contributed by atoms with Crippen LogP contribution in [0.1, 0.15) is 18.9 Å². The van der Waals surface area contributed by atoms with Crippen LogP contribution in [0.15, 0.2) is 12.1 Å². The van der Waals surface area contributed by atoms with Crippen molar-refractivity contribution in [1.29, 1.82) is 0 Å². The van der Waals surface area contributed by atoms with Crippen LogP contribution in [-0.4, -0.2) is 12.7 Å². The molecule has 2 N–H and O–H groups in total. The fourth-order valence-corrected chi connectivity index (χ4v) is 1.19. The number of halogens is 1. The van der Waals surface area contributed by atoms with Crippen LogP contribution in [0.3, 0.4) is 0 Å². The Hall–Kier alpha value is -1.78. The first-order chi connectivity index (χ1) is 7.54. The summed E-state index contributed by atoms with van der Waals surface area (Å²) in [6.07, 6.45) is -0.216. The van der Waals surface area contributed by atoms with Crippen molar-refractivity contribution in [2.75, 3.05) is 6.61 Å². The van der Waals surface area contributed by atoms with Crippen LogP contribution >= 0.6 is 0 Å². The van der Waals surface area contributed by atoms with Gasteiger partial charge in [0.05, 0.1) is 6.61 Å². The summed E-state index contributed by atoms with van der Waals surface area (Å²) >= 11 is 0. The fourth-order valence-electron chi connectivity index (χ4n) is 1.19. The zero-order valence-corrected chi connectivity index (χ0v) is 9.25. The van der Waals surface area contributed by atoms with E-state index in [4.69, 9.17) is 10.5 Å². The third-order valence-electron chi connectivity index (χ3n) is 1.90. The summed E-state index contributed by atoms with van der Waals surface area (Å²) in [6.45, 7) is 4.18.